The number of rotatable bonds is 5. The van der Waals surface area contributed by atoms with Crippen LogP contribution < -0.4 is 5.43 Å². The summed E-state index contributed by atoms with van der Waals surface area (Å²) in [5.74, 6) is -1.94. The molecule has 33 heavy (non-hydrogen) atoms. The van der Waals surface area contributed by atoms with Gasteiger partial charge in [0.05, 0.1) is 0 Å². The molecule has 0 fully saturated rings. The van der Waals surface area contributed by atoms with E-state index >= 15 is 0 Å². The van der Waals surface area contributed by atoms with Crippen LogP contribution in [-0.2, 0) is 0 Å². The molecule has 0 aliphatic heterocycles. The molecule has 4 nitrogen and oxygen atoms in total. The Kier molecular flexibility index (Phi) is 6.00. The van der Waals surface area contributed by atoms with Crippen LogP contribution in [0.3, 0.4) is 0 Å². The molecule has 0 bridgehead atoms. The van der Waals surface area contributed by atoms with E-state index in [1.54, 1.807) is 25.1 Å². The van der Waals surface area contributed by atoms with Gasteiger partial charge in [-0.3, -0.25) is 9.59 Å². The second-order valence-corrected chi connectivity index (χ2v) is 7.47. The monoisotopic (exact) mass is 444 g/mol. The number of aromatic hydroxyl groups is 1. The molecule has 3 aromatic carbocycles. The quantitative estimate of drug-likeness (QED) is 0.296. The highest BCUT2D eigenvalue weighted by Gasteiger charge is 2.20. The molecule has 4 rings (SSSR count). The first kappa shape index (κ1) is 21.9. The Morgan fingerprint density at radius 3 is 2.18 bits per heavy atom. The van der Waals surface area contributed by atoms with Crippen molar-refractivity contribution in [1.82, 2.24) is 0 Å². The first-order chi connectivity index (χ1) is 15.8. The van der Waals surface area contributed by atoms with E-state index in [1.807, 2.05) is 0 Å². The van der Waals surface area contributed by atoms with Gasteiger partial charge in [-0.15, -0.1) is 0 Å². The first-order valence-corrected chi connectivity index (χ1v) is 10.0. The number of hydrogen-bond acceptors (Lipinski definition) is 4. The van der Waals surface area contributed by atoms with Gasteiger partial charge in [0, 0.05) is 0 Å². The van der Waals surface area contributed by atoms with Crippen LogP contribution in [0, 0.1) is 18.6 Å². The largest absolute Gasteiger partial charge is 0.507 e. The molecule has 164 valence electrons. The van der Waals surface area contributed by atoms with Crippen molar-refractivity contribution in [1.29, 1.82) is 0 Å². The number of phenols is 1. The average molecular weight is 444 g/mol. The Bertz CT molecular complexity index is 1500. The molecule has 1 N–H and O–H groups in total. The van der Waals surface area contributed by atoms with Crippen molar-refractivity contribution in [3.8, 4) is 5.75 Å². The van der Waals surface area contributed by atoms with Gasteiger partial charge < -0.3 is 9.52 Å². The summed E-state index contributed by atoms with van der Waals surface area (Å²) in [7, 11) is 0. The maximum Gasteiger partial charge on any atom is 0.208 e. The Hall–Kier alpha value is -4.32. The molecule has 0 atom stereocenters. The van der Waals surface area contributed by atoms with Crippen LogP contribution in [0.15, 0.2) is 76.0 Å². The molecular weight excluding hydrogens is 426 g/mol. The van der Waals surface area contributed by atoms with Crippen molar-refractivity contribution in [2.24, 2.45) is 0 Å². The first-order valence-electron chi connectivity index (χ1n) is 10.0. The number of ketones is 1. The molecule has 0 spiro atoms. The standard InChI is InChI=1S/C27H18F2O4/c1-16-12-22(31)26-24(13-16)33-23(11-9-18-5-3-7-20(29)15-18)25(27(26)32)21(30)10-8-17-4-2-6-19(28)14-17/h2-15,31H,1H3/b10-8+,11-9+. The van der Waals surface area contributed by atoms with Crippen LogP contribution in [0.5, 0.6) is 5.75 Å². The maximum atomic E-state index is 13.5. The normalized spacial score (nSPS) is 11.6. The van der Waals surface area contributed by atoms with E-state index in [9.17, 15) is 23.5 Å². The van der Waals surface area contributed by atoms with Crippen LogP contribution in [0.4, 0.5) is 8.78 Å². The van der Waals surface area contributed by atoms with Crippen LogP contribution in [0.25, 0.3) is 29.2 Å². The summed E-state index contributed by atoms with van der Waals surface area (Å²) in [6.07, 6.45) is 5.43. The predicted molar refractivity (Wildman–Crippen MR) is 124 cm³/mol. The molecule has 1 heterocycles. The number of benzene rings is 3. The van der Waals surface area contributed by atoms with Gasteiger partial charge in [0.1, 0.15) is 39.7 Å². The lowest BCUT2D eigenvalue weighted by Crippen LogP contribution is -2.16. The lowest BCUT2D eigenvalue weighted by Gasteiger charge is -2.07. The highest BCUT2D eigenvalue weighted by molar-refractivity contribution is 6.10. The van der Waals surface area contributed by atoms with E-state index in [-0.39, 0.29) is 28.0 Å². The molecule has 6 heteroatoms. The zero-order valence-corrected chi connectivity index (χ0v) is 17.5. The van der Waals surface area contributed by atoms with Crippen molar-refractivity contribution in [3.05, 3.63) is 117 Å². The van der Waals surface area contributed by atoms with Crippen LogP contribution in [0.2, 0.25) is 0 Å². The van der Waals surface area contributed by atoms with Crippen molar-refractivity contribution < 1.29 is 23.1 Å². The van der Waals surface area contributed by atoms with E-state index < -0.39 is 22.8 Å². The fourth-order valence-electron chi connectivity index (χ4n) is 3.45. The number of carbonyl (C=O) groups excluding carboxylic acids is 1. The van der Waals surface area contributed by atoms with Gasteiger partial charge in [-0.2, -0.15) is 0 Å². The summed E-state index contributed by atoms with van der Waals surface area (Å²) in [4.78, 5) is 26.2. The number of phenolic OH excluding ortho intramolecular Hbond substituents is 1. The minimum Gasteiger partial charge on any atom is -0.507 e. The molecule has 0 saturated heterocycles. The number of aryl methyl sites for hydroxylation is 1. The van der Waals surface area contributed by atoms with Gasteiger partial charge in [-0.1, -0.05) is 36.4 Å². The van der Waals surface area contributed by atoms with Gasteiger partial charge in [0.15, 0.2) is 5.78 Å². The summed E-state index contributed by atoms with van der Waals surface area (Å²) < 4.78 is 32.8. The van der Waals surface area contributed by atoms with E-state index in [1.165, 1.54) is 60.7 Å². The second kappa shape index (κ2) is 9.04. The summed E-state index contributed by atoms with van der Waals surface area (Å²) >= 11 is 0. The zero-order valence-electron chi connectivity index (χ0n) is 17.5. The lowest BCUT2D eigenvalue weighted by atomic mass is 10.0. The van der Waals surface area contributed by atoms with Crippen LogP contribution in [0.1, 0.15) is 32.8 Å². The topological polar surface area (TPSA) is 67.5 Å². The highest BCUT2D eigenvalue weighted by Crippen LogP contribution is 2.27. The number of fused-ring (bicyclic) bond motifs is 1. The number of allylic oxidation sites excluding steroid dienone is 1. The highest BCUT2D eigenvalue weighted by atomic mass is 19.1. The third kappa shape index (κ3) is 4.80. The van der Waals surface area contributed by atoms with Crippen LogP contribution in [-0.4, -0.2) is 10.9 Å². The Morgan fingerprint density at radius 2 is 1.55 bits per heavy atom. The predicted octanol–water partition coefficient (Wildman–Crippen LogP) is 6.15. The SMILES string of the molecule is Cc1cc(O)c2c(=O)c(C(=O)/C=C/c3cccc(F)c3)c(/C=C/c3cccc(F)c3)oc2c1. The number of halogens is 2. The Balaban J connectivity index is 1.86. The minimum atomic E-state index is -0.707. The van der Waals surface area contributed by atoms with Gasteiger partial charge in [0.2, 0.25) is 5.43 Å². The van der Waals surface area contributed by atoms with Crippen LogP contribution >= 0.6 is 0 Å². The molecule has 0 aliphatic carbocycles. The average Bonchev–Trinajstić information content (AvgIpc) is 2.75. The molecule has 1 aromatic heterocycles. The van der Waals surface area contributed by atoms with E-state index in [0.717, 1.165) is 6.08 Å². The maximum absolute atomic E-state index is 13.5. The van der Waals surface area contributed by atoms with E-state index in [4.69, 9.17) is 4.42 Å². The summed E-state index contributed by atoms with van der Waals surface area (Å²) in [5.41, 5.74) is 0.696. The van der Waals surface area contributed by atoms with Crippen molar-refractivity contribution >= 4 is 35.0 Å². The summed E-state index contributed by atoms with van der Waals surface area (Å²) in [6, 6.07) is 14.4. The molecule has 0 amide bonds. The van der Waals surface area contributed by atoms with Crippen molar-refractivity contribution in [2.75, 3.05) is 0 Å². The minimum absolute atomic E-state index is 0.0457. The van der Waals surface area contributed by atoms with Gasteiger partial charge in [-0.25, -0.2) is 8.78 Å². The van der Waals surface area contributed by atoms with Gasteiger partial charge >= 0.3 is 0 Å². The Labute approximate surface area is 187 Å². The smallest absolute Gasteiger partial charge is 0.208 e. The molecular formula is C27H18F2O4. The third-order valence-corrected chi connectivity index (χ3v) is 4.94. The second-order valence-electron chi connectivity index (χ2n) is 7.47. The molecule has 0 unspecified atom stereocenters. The fourth-order valence-corrected chi connectivity index (χ4v) is 3.45. The fraction of sp³-hybridized carbons (Fsp3) is 0.0370. The van der Waals surface area contributed by atoms with Gasteiger partial charge in [-0.05, 0) is 72.2 Å². The molecule has 0 saturated carbocycles. The molecule has 4 aromatic rings. The Morgan fingerprint density at radius 1 is 0.909 bits per heavy atom. The van der Waals surface area contributed by atoms with Crippen molar-refractivity contribution in [2.45, 2.75) is 6.92 Å². The number of hydrogen-bond donors (Lipinski definition) is 1. The van der Waals surface area contributed by atoms with Gasteiger partial charge in [0.25, 0.3) is 0 Å². The summed E-state index contributed by atoms with van der Waals surface area (Å²) in [5, 5.41) is 10.2. The molecule has 0 radical (unpaired) electrons. The third-order valence-electron chi connectivity index (χ3n) is 4.94. The number of carbonyl (C=O) groups is 1. The van der Waals surface area contributed by atoms with E-state index in [0.29, 0.717) is 16.7 Å². The molecule has 0 aliphatic rings. The zero-order chi connectivity index (χ0) is 23.5. The lowest BCUT2D eigenvalue weighted by molar-refractivity contribution is 0.104. The van der Waals surface area contributed by atoms with E-state index in [2.05, 4.69) is 0 Å². The van der Waals surface area contributed by atoms with Crippen molar-refractivity contribution in [3.63, 3.8) is 0 Å². The summed E-state index contributed by atoms with van der Waals surface area (Å²) in [6.45, 7) is 1.72.